The molecule has 8 heteroatoms. The number of aromatic nitrogens is 4. The number of nitrogens with one attached hydrogen (secondary N) is 2. The Morgan fingerprint density at radius 3 is 3.05 bits per heavy atom. The van der Waals surface area contributed by atoms with Gasteiger partial charge in [0.25, 0.3) is 0 Å². The van der Waals surface area contributed by atoms with Gasteiger partial charge in [0.05, 0.1) is 22.8 Å². The van der Waals surface area contributed by atoms with Gasteiger partial charge in [-0.3, -0.25) is 9.67 Å². The van der Waals surface area contributed by atoms with Crippen LogP contribution in [0.4, 0.5) is 10.5 Å². The lowest BCUT2D eigenvalue weighted by Crippen LogP contribution is -2.31. The summed E-state index contributed by atoms with van der Waals surface area (Å²) in [6.07, 6.45) is 4.71. The van der Waals surface area contributed by atoms with Crippen molar-refractivity contribution in [3.63, 3.8) is 0 Å². The van der Waals surface area contributed by atoms with Gasteiger partial charge >= 0.3 is 6.03 Å². The zero-order valence-electron chi connectivity index (χ0n) is 11.5. The van der Waals surface area contributed by atoms with E-state index in [1.54, 1.807) is 35.4 Å². The van der Waals surface area contributed by atoms with Gasteiger partial charge in [0.2, 0.25) is 0 Å². The quantitative estimate of drug-likeness (QED) is 0.773. The third-order valence-electron chi connectivity index (χ3n) is 3.06. The van der Waals surface area contributed by atoms with Gasteiger partial charge < -0.3 is 10.6 Å². The van der Waals surface area contributed by atoms with Gasteiger partial charge in [0, 0.05) is 18.1 Å². The first-order valence-electron chi connectivity index (χ1n) is 6.64. The molecule has 3 rings (SSSR count). The Morgan fingerprint density at radius 2 is 2.23 bits per heavy atom. The summed E-state index contributed by atoms with van der Waals surface area (Å²) >= 11 is 6.10. The SMILES string of the molecule is O=C(NCCn1cncn1)Nc1ccc(Cl)c2ncccc12. The number of hydrogen-bond donors (Lipinski definition) is 2. The van der Waals surface area contributed by atoms with Crippen molar-refractivity contribution in [2.75, 3.05) is 11.9 Å². The fourth-order valence-corrected chi connectivity index (χ4v) is 2.26. The van der Waals surface area contributed by atoms with Gasteiger partial charge in [-0.2, -0.15) is 5.10 Å². The molecule has 0 spiro atoms. The number of halogens is 1. The van der Waals surface area contributed by atoms with E-state index in [-0.39, 0.29) is 6.03 Å². The smallest absolute Gasteiger partial charge is 0.319 e. The van der Waals surface area contributed by atoms with Crippen LogP contribution in [0.1, 0.15) is 0 Å². The summed E-state index contributed by atoms with van der Waals surface area (Å²) < 4.78 is 1.64. The van der Waals surface area contributed by atoms with Crippen LogP contribution in [0.5, 0.6) is 0 Å². The number of carbonyl (C=O) groups excluding carboxylic acids is 1. The van der Waals surface area contributed by atoms with E-state index in [4.69, 9.17) is 11.6 Å². The minimum absolute atomic E-state index is 0.299. The van der Waals surface area contributed by atoms with Crippen LogP contribution in [0, 0.1) is 0 Å². The second-order valence-electron chi connectivity index (χ2n) is 4.53. The number of benzene rings is 1. The number of nitrogens with zero attached hydrogens (tertiary/aromatic N) is 4. The minimum atomic E-state index is -0.299. The summed E-state index contributed by atoms with van der Waals surface area (Å²) in [4.78, 5) is 20.0. The lowest BCUT2D eigenvalue weighted by atomic mass is 10.2. The van der Waals surface area contributed by atoms with Crippen LogP contribution in [0.3, 0.4) is 0 Å². The van der Waals surface area contributed by atoms with Crippen molar-refractivity contribution in [3.8, 4) is 0 Å². The normalized spacial score (nSPS) is 10.6. The largest absolute Gasteiger partial charge is 0.336 e. The molecule has 0 radical (unpaired) electrons. The summed E-state index contributed by atoms with van der Waals surface area (Å²) in [6, 6.07) is 6.82. The van der Waals surface area contributed by atoms with Crippen molar-refractivity contribution in [3.05, 3.63) is 48.1 Å². The highest BCUT2D eigenvalue weighted by Gasteiger charge is 2.08. The highest BCUT2D eigenvalue weighted by atomic mass is 35.5. The number of anilines is 1. The number of carbonyl (C=O) groups is 1. The number of rotatable bonds is 4. The van der Waals surface area contributed by atoms with Crippen molar-refractivity contribution >= 4 is 34.2 Å². The summed E-state index contributed by atoms with van der Waals surface area (Å²) in [5.41, 5.74) is 1.32. The zero-order valence-corrected chi connectivity index (χ0v) is 12.3. The van der Waals surface area contributed by atoms with Crippen molar-refractivity contribution in [2.24, 2.45) is 0 Å². The summed E-state index contributed by atoms with van der Waals surface area (Å²) in [7, 11) is 0. The third kappa shape index (κ3) is 3.15. The first kappa shape index (κ1) is 14.3. The van der Waals surface area contributed by atoms with E-state index in [1.165, 1.54) is 6.33 Å². The van der Waals surface area contributed by atoms with Crippen LogP contribution in [-0.2, 0) is 6.54 Å². The fourth-order valence-electron chi connectivity index (χ4n) is 2.05. The monoisotopic (exact) mass is 316 g/mol. The molecule has 112 valence electrons. The van der Waals surface area contributed by atoms with Crippen LogP contribution in [0.25, 0.3) is 10.9 Å². The van der Waals surface area contributed by atoms with E-state index >= 15 is 0 Å². The molecule has 7 nitrogen and oxygen atoms in total. The number of fused-ring (bicyclic) bond motifs is 1. The third-order valence-corrected chi connectivity index (χ3v) is 3.37. The molecule has 0 saturated carbocycles. The average molecular weight is 317 g/mol. The van der Waals surface area contributed by atoms with Crippen molar-refractivity contribution in [1.82, 2.24) is 25.1 Å². The van der Waals surface area contributed by atoms with E-state index in [1.807, 2.05) is 6.07 Å². The Morgan fingerprint density at radius 1 is 1.32 bits per heavy atom. The molecule has 0 atom stereocenters. The average Bonchev–Trinajstić information content (AvgIpc) is 3.04. The highest BCUT2D eigenvalue weighted by molar-refractivity contribution is 6.35. The summed E-state index contributed by atoms with van der Waals surface area (Å²) in [6.45, 7) is 0.995. The molecule has 0 bridgehead atoms. The molecule has 2 N–H and O–H groups in total. The van der Waals surface area contributed by atoms with Crippen LogP contribution in [-0.4, -0.2) is 32.3 Å². The molecule has 0 aliphatic carbocycles. The molecule has 0 unspecified atom stereocenters. The molecule has 0 fully saturated rings. The Kier molecular flexibility index (Phi) is 4.15. The van der Waals surface area contributed by atoms with Crippen LogP contribution in [0.15, 0.2) is 43.1 Å². The molecule has 0 saturated heterocycles. The lowest BCUT2D eigenvalue weighted by Gasteiger charge is -2.10. The van der Waals surface area contributed by atoms with Gasteiger partial charge in [0.1, 0.15) is 12.7 Å². The maximum atomic E-state index is 11.9. The molecule has 2 aromatic heterocycles. The minimum Gasteiger partial charge on any atom is -0.336 e. The highest BCUT2D eigenvalue weighted by Crippen LogP contribution is 2.27. The van der Waals surface area contributed by atoms with Crippen molar-refractivity contribution < 1.29 is 4.79 Å². The molecule has 2 amide bonds. The Balaban J connectivity index is 1.65. The van der Waals surface area contributed by atoms with Crippen LogP contribution < -0.4 is 10.6 Å². The summed E-state index contributed by atoms with van der Waals surface area (Å²) in [5.74, 6) is 0. The lowest BCUT2D eigenvalue weighted by molar-refractivity contribution is 0.251. The predicted octanol–water partition coefficient (Wildman–Crippen LogP) is 2.30. The Hall–Kier alpha value is -2.67. The molecule has 0 aliphatic rings. The fraction of sp³-hybridized carbons (Fsp3) is 0.143. The number of amides is 2. The maximum Gasteiger partial charge on any atom is 0.319 e. The number of urea groups is 1. The van der Waals surface area contributed by atoms with Gasteiger partial charge in [-0.1, -0.05) is 11.6 Å². The maximum absolute atomic E-state index is 11.9. The standard InChI is InChI=1S/C14H13ClN6O/c15-11-3-4-12(10-2-1-5-17-13(10)11)20-14(22)18-6-7-21-9-16-8-19-21/h1-5,8-9H,6-7H2,(H2,18,20,22). The van der Waals surface area contributed by atoms with Crippen molar-refractivity contribution in [2.45, 2.75) is 6.54 Å². The molecule has 0 aliphatic heterocycles. The summed E-state index contributed by atoms with van der Waals surface area (Å²) in [5, 5.41) is 10.9. The van der Waals surface area contributed by atoms with Crippen LogP contribution >= 0.6 is 11.6 Å². The molecule has 3 aromatic rings. The zero-order chi connectivity index (χ0) is 15.4. The van der Waals surface area contributed by atoms with E-state index in [9.17, 15) is 4.79 Å². The van der Waals surface area contributed by atoms with E-state index in [0.717, 1.165) is 5.39 Å². The molecular weight excluding hydrogens is 304 g/mol. The van der Waals surface area contributed by atoms with Crippen molar-refractivity contribution in [1.29, 1.82) is 0 Å². The predicted molar refractivity (Wildman–Crippen MR) is 83.8 cm³/mol. The second-order valence-corrected chi connectivity index (χ2v) is 4.94. The topological polar surface area (TPSA) is 84.7 Å². The first-order chi connectivity index (χ1) is 10.7. The van der Waals surface area contributed by atoms with Gasteiger partial charge in [0.15, 0.2) is 0 Å². The first-order valence-corrected chi connectivity index (χ1v) is 7.02. The number of pyridine rings is 1. The molecule has 1 aromatic carbocycles. The molecular formula is C14H13ClN6O. The van der Waals surface area contributed by atoms with E-state index in [0.29, 0.717) is 29.3 Å². The second kappa shape index (κ2) is 6.40. The van der Waals surface area contributed by atoms with E-state index < -0.39 is 0 Å². The van der Waals surface area contributed by atoms with Crippen LogP contribution in [0.2, 0.25) is 5.02 Å². The number of hydrogen-bond acceptors (Lipinski definition) is 4. The van der Waals surface area contributed by atoms with E-state index in [2.05, 4.69) is 25.7 Å². The Labute approximate surface area is 131 Å². The molecule has 2 heterocycles. The van der Waals surface area contributed by atoms with Gasteiger partial charge in [-0.05, 0) is 24.3 Å². The molecule has 22 heavy (non-hydrogen) atoms. The van der Waals surface area contributed by atoms with Gasteiger partial charge in [-0.25, -0.2) is 9.78 Å². The Bertz CT molecular complexity index is 789. The van der Waals surface area contributed by atoms with Gasteiger partial charge in [-0.15, -0.1) is 0 Å².